The molecule has 0 saturated carbocycles. The van der Waals surface area contributed by atoms with Crippen LogP contribution >= 0.6 is 15.9 Å². The number of nitrogens with zero attached hydrogens (tertiary/aromatic N) is 3. The molecule has 0 atom stereocenters. The van der Waals surface area contributed by atoms with Gasteiger partial charge in [0, 0.05) is 36.0 Å². The third-order valence-electron chi connectivity index (χ3n) is 5.37. The topological polar surface area (TPSA) is 70.6 Å². The van der Waals surface area contributed by atoms with E-state index in [-0.39, 0.29) is 23.9 Å². The van der Waals surface area contributed by atoms with Crippen LogP contribution in [0.3, 0.4) is 0 Å². The van der Waals surface area contributed by atoms with Crippen LogP contribution in [-0.4, -0.2) is 54.7 Å². The second-order valence-corrected chi connectivity index (χ2v) is 10.2. The summed E-state index contributed by atoms with van der Waals surface area (Å²) in [5, 5.41) is 0.930. The second-order valence-electron chi connectivity index (χ2n) is 7.44. The van der Waals surface area contributed by atoms with Gasteiger partial charge in [0.1, 0.15) is 0 Å². The number of halogens is 1. The Hall–Kier alpha value is -2.29. The van der Waals surface area contributed by atoms with Crippen molar-refractivity contribution in [3.63, 3.8) is 0 Å². The smallest absolute Gasteiger partial charge is 0.255 e. The summed E-state index contributed by atoms with van der Waals surface area (Å²) >= 11 is 3.32. The summed E-state index contributed by atoms with van der Waals surface area (Å²) in [7, 11) is -3.61. The zero-order valence-electron chi connectivity index (χ0n) is 16.8. The molecule has 0 aliphatic carbocycles. The number of rotatable bonds is 3. The summed E-state index contributed by atoms with van der Waals surface area (Å²) < 4.78 is 27.9. The molecule has 6 nitrogen and oxygen atoms in total. The number of fused-ring (bicyclic) bond motifs is 1. The number of amides is 1. The Morgan fingerprint density at radius 3 is 2.40 bits per heavy atom. The van der Waals surface area contributed by atoms with E-state index in [2.05, 4.69) is 20.9 Å². The lowest BCUT2D eigenvalue weighted by Gasteiger charge is -2.34. The Labute approximate surface area is 184 Å². The first-order valence-corrected chi connectivity index (χ1v) is 11.9. The molecule has 1 saturated heterocycles. The first kappa shape index (κ1) is 21.0. The number of aromatic nitrogens is 1. The van der Waals surface area contributed by atoms with E-state index in [1.165, 1.54) is 4.31 Å². The minimum absolute atomic E-state index is 0.110. The van der Waals surface area contributed by atoms with Crippen LogP contribution in [0, 0.1) is 13.8 Å². The van der Waals surface area contributed by atoms with Crippen LogP contribution in [0.15, 0.2) is 57.9 Å². The number of carbonyl (C=O) groups excluding carboxylic acids is 1. The van der Waals surface area contributed by atoms with E-state index in [1.54, 1.807) is 29.2 Å². The number of hydrogen-bond acceptors (Lipinski definition) is 4. The summed E-state index contributed by atoms with van der Waals surface area (Å²) in [6, 6.07) is 14.6. The average Bonchev–Trinajstić information content (AvgIpc) is 2.73. The van der Waals surface area contributed by atoms with Gasteiger partial charge in [-0.1, -0.05) is 23.8 Å². The normalized spacial score (nSPS) is 15.5. The van der Waals surface area contributed by atoms with Crippen molar-refractivity contribution < 1.29 is 13.2 Å². The monoisotopic (exact) mass is 487 g/mol. The van der Waals surface area contributed by atoms with Gasteiger partial charge in [0.2, 0.25) is 10.0 Å². The van der Waals surface area contributed by atoms with Crippen LogP contribution in [0.5, 0.6) is 0 Å². The molecular formula is C22H22BrN3O3S. The van der Waals surface area contributed by atoms with Gasteiger partial charge < -0.3 is 4.90 Å². The molecule has 1 aliphatic heterocycles. The molecule has 30 heavy (non-hydrogen) atoms. The van der Waals surface area contributed by atoms with Crippen LogP contribution in [0.2, 0.25) is 0 Å². The molecule has 1 fully saturated rings. The van der Waals surface area contributed by atoms with E-state index in [0.717, 1.165) is 16.5 Å². The number of carbonyl (C=O) groups is 1. The maximum Gasteiger partial charge on any atom is 0.255 e. The van der Waals surface area contributed by atoms with E-state index in [9.17, 15) is 13.2 Å². The van der Waals surface area contributed by atoms with Crippen molar-refractivity contribution in [3.05, 3.63) is 69.8 Å². The fraction of sp³-hybridized carbons (Fsp3) is 0.273. The Balaban J connectivity index is 1.53. The zero-order valence-corrected chi connectivity index (χ0v) is 19.2. The lowest BCUT2D eigenvalue weighted by atomic mass is 10.1. The molecule has 1 aromatic heterocycles. The third-order valence-corrected chi connectivity index (χ3v) is 8.28. The molecule has 3 aromatic rings. The SMILES string of the molecule is Cc1ccc2nc(C)c(C(=O)N3CCN(S(=O)(=O)c4ccccc4Br)CC3)cc2c1. The van der Waals surface area contributed by atoms with Gasteiger partial charge in [-0.2, -0.15) is 4.31 Å². The van der Waals surface area contributed by atoms with E-state index < -0.39 is 10.0 Å². The summed E-state index contributed by atoms with van der Waals surface area (Å²) in [5.74, 6) is -0.110. The van der Waals surface area contributed by atoms with E-state index in [4.69, 9.17) is 0 Å². The molecule has 4 rings (SSSR count). The molecular weight excluding hydrogens is 466 g/mol. The molecule has 2 aromatic carbocycles. The summed E-state index contributed by atoms with van der Waals surface area (Å²) in [6.07, 6.45) is 0. The minimum Gasteiger partial charge on any atom is -0.336 e. The Morgan fingerprint density at radius 1 is 1.00 bits per heavy atom. The van der Waals surface area contributed by atoms with Crippen LogP contribution in [0.1, 0.15) is 21.6 Å². The molecule has 0 bridgehead atoms. The standard InChI is InChI=1S/C22H22BrN3O3S/c1-15-7-8-20-17(13-15)14-18(16(2)24-20)22(27)25-9-11-26(12-10-25)30(28,29)21-6-4-3-5-19(21)23/h3-8,13-14H,9-12H2,1-2H3. The molecule has 1 amide bonds. The lowest BCUT2D eigenvalue weighted by molar-refractivity contribution is 0.0697. The van der Waals surface area contributed by atoms with Gasteiger partial charge in [0.05, 0.1) is 21.7 Å². The van der Waals surface area contributed by atoms with Gasteiger partial charge in [0.25, 0.3) is 5.91 Å². The Kier molecular flexibility index (Phi) is 5.65. The van der Waals surface area contributed by atoms with Crippen molar-refractivity contribution in [2.24, 2.45) is 0 Å². The lowest BCUT2D eigenvalue weighted by Crippen LogP contribution is -2.50. The first-order chi connectivity index (χ1) is 14.3. The molecule has 0 spiro atoms. The fourth-order valence-corrected chi connectivity index (χ4v) is 6.09. The highest BCUT2D eigenvalue weighted by Crippen LogP contribution is 2.26. The van der Waals surface area contributed by atoms with Crippen molar-refractivity contribution in [1.82, 2.24) is 14.2 Å². The van der Waals surface area contributed by atoms with E-state index in [0.29, 0.717) is 28.8 Å². The Morgan fingerprint density at radius 2 is 1.70 bits per heavy atom. The highest BCUT2D eigenvalue weighted by atomic mass is 79.9. The Bertz CT molecular complexity index is 1240. The van der Waals surface area contributed by atoms with Crippen molar-refractivity contribution in [1.29, 1.82) is 0 Å². The molecule has 1 aliphatic rings. The summed E-state index contributed by atoms with van der Waals surface area (Å²) in [6.45, 7) is 5.04. The maximum absolute atomic E-state index is 13.1. The van der Waals surface area contributed by atoms with Crippen molar-refractivity contribution in [2.45, 2.75) is 18.7 Å². The molecule has 156 valence electrons. The fourth-order valence-electron chi connectivity index (χ4n) is 3.70. The highest BCUT2D eigenvalue weighted by Gasteiger charge is 2.32. The highest BCUT2D eigenvalue weighted by molar-refractivity contribution is 9.10. The molecule has 0 radical (unpaired) electrons. The van der Waals surface area contributed by atoms with Crippen LogP contribution < -0.4 is 0 Å². The van der Waals surface area contributed by atoms with E-state index in [1.807, 2.05) is 38.1 Å². The average molecular weight is 488 g/mol. The predicted molar refractivity (Wildman–Crippen MR) is 120 cm³/mol. The zero-order chi connectivity index (χ0) is 21.5. The summed E-state index contributed by atoms with van der Waals surface area (Å²) in [4.78, 5) is 19.7. The van der Waals surface area contributed by atoms with Crippen molar-refractivity contribution in [2.75, 3.05) is 26.2 Å². The van der Waals surface area contributed by atoms with Gasteiger partial charge >= 0.3 is 0 Å². The second kappa shape index (κ2) is 8.09. The van der Waals surface area contributed by atoms with Gasteiger partial charge in [-0.15, -0.1) is 0 Å². The predicted octanol–water partition coefficient (Wildman–Crippen LogP) is 3.76. The van der Waals surface area contributed by atoms with Crippen molar-refractivity contribution in [3.8, 4) is 0 Å². The molecule has 2 heterocycles. The molecule has 8 heteroatoms. The number of hydrogen-bond donors (Lipinski definition) is 0. The number of benzene rings is 2. The number of piperazine rings is 1. The van der Waals surface area contributed by atoms with Crippen LogP contribution in [0.25, 0.3) is 10.9 Å². The maximum atomic E-state index is 13.1. The number of sulfonamides is 1. The number of pyridine rings is 1. The van der Waals surface area contributed by atoms with E-state index >= 15 is 0 Å². The minimum atomic E-state index is -3.61. The van der Waals surface area contributed by atoms with Crippen LogP contribution in [-0.2, 0) is 10.0 Å². The van der Waals surface area contributed by atoms with Crippen LogP contribution in [0.4, 0.5) is 0 Å². The molecule has 0 N–H and O–H groups in total. The van der Waals surface area contributed by atoms with Gasteiger partial charge in [-0.05, 0) is 60.1 Å². The summed E-state index contributed by atoms with van der Waals surface area (Å²) in [5.41, 5.74) is 3.21. The van der Waals surface area contributed by atoms with Crippen molar-refractivity contribution >= 4 is 42.8 Å². The van der Waals surface area contributed by atoms with Gasteiger partial charge in [0.15, 0.2) is 0 Å². The van der Waals surface area contributed by atoms with Gasteiger partial charge in [-0.25, -0.2) is 8.42 Å². The largest absolute Gasteiger partial charge is 0.336 e. The number of aryl methyl sites for hydroxylation is 2. The molecule has 0 unspecified atom stereocenters. The quantitative estimate of drug-likeness (QED) is 0.563. The van der Waals surface area contributed by atoms with Gasteiger partial charge in [-0.3, -0.25) is 9.78 Å². The first-order valence-electron chi connectivity index (χ1n) is 9.69. The third kappa shape index (κ3) is 3.87.